The van der Waals surface area contributed by atoms with E-state index in [9.17, 15) is 18.0 Å². The molecule has 0 spiro atoms. The van der Waals surface area contributed by atoms with Crippen molar-refractivity contribution in [3.8, 4) is 0 Å². The first-order chi connectivity index (χ1) is 8.35. The Morgan fingerprint density at radius 3 is 2.67 bits per heavy atom. The van der Waals surface area contributed by atoms with Gasteiger partial charge in [-0.3, -0.25) is 9.59 Å². The summed E-state index contributed by atoms with van der Waals surface area (Å²) in [6.45, 7) is 0.337. The summed E-state index contributed by atoms with van der Waals surface area (Å²) in [5, 5.41) is 0. The van der Waals surface area contributed by atoms with E-state index < -0.39 is 9.05 Å². The molecule has 1 aliphatic carbocycles. The van der Waals surface area contributed by atoms with Crippen LogP contribution < -0.4 is 0 Å². The van der Waals surface area contributed by atoms with Crippen LogP contribution in [-0.4, -0.2) is 37.3 Å². The van der Waals surface area contributed by atoms with E-state index in [-0.39, 0.29) is 29.8 Å². The van der Waals surface area contributed by atoms with Crippen molar-refractivity contribution in [1.29, 1.82) is 0 Å². The maximum absolute atomic E-state index is 11.8. The van der Waals surface area contributed by atoms with Gasteiger partial charge >= 0.3 is 0 Å². The summed E-state index contributed by atoms with van der Waals surface area (Å²) in [5.74, 6) is -0.574. The Bertz CT molecular complexity index is 511. The predicted octanol–water partition coefficient (Wildman–Crippen LogP) is 1.04. The lowest BCUT2D eigenvalue weighted by molar-refractivity contribution is -0.126. The lowest BCUT2D eigenvalue weighted by Gasteiger charge is -2.22. The molecule has 0 aromatic heterocycles. The van der Waals surface area contributed by atoms with E-state index in [1.165, 1.54) is 11.0 Å². The molecule has 0 radical (unpaired) electrons. The third kappa shape index (κ3) is 3.32. The number of allylic oxidation sites excluding steroid dienone is 2. The topological polar surface area (TPSA) is 71.5 Å². The molecule has 100 valence electrons. The summed E-state index contributed by atoms with van der Waals surface area (Å²) in [6, 6.07) is 0. The molecule has 0 aromatic carbocycles. The Morgan fingerprint density at radius 1 is 1.33 bits per heavy atom. The van der Waals surface area contributed by atoms with Crippen molar-refractivity contribution in [2.75, 3.05) is 12.3 Å². The molecule has 5 nitrogen and oxygen atoms in total. The number of likely N-dealkylation sites (tertiary alicyclic amines) is 1. The second-order valence-corrected chi connectivity index (χ2v) is 7.56. The van der Waals surface area contributed by atoms with E-state index in [0.29, 0.717) is 25.1 Å². The summed E-state index contributed by atoms with van der Waals surface area (Å²) in [5.41, 5.74) is 0.714. The number of ketones is 1. The molecule has 1 fully saturated rings. The summed E-state index contributed by atoms with van der Waals surface area (Å²) >= 11 is 0. The molecule has 1 amide bonds. The highest BCUT2D eigenvalue weighted by Gasteiger charge is 2.34. The average molecular weight is 292 g/mol. The highest BCUT2D eigenvalue weighted by molar-refractivity contribution is 8.13. The number of nitrogens with zero attached hydrogens (tertiary/aromatic N) is 1. The largest absolute Gasteiger partial charge is 0.316 e. The Balaban J connectivity index is 2.08. The van der Waals surface area contributed by atoms with Crippen LogP contribution in [-0.2, 0) is 18.6 Å². The second-order valence-electron chi connectivity index (χ2n) is 4.74. The van der Waals surface area contributed by atoms with Gasteiger partial charge < -0.3 is 4.90 Å². The Morgan fingerprint density at radius 2 is 2.06 bits per heavy atom. The maximum Gasteiger partial charge on any atom is 0.232 e. The molecule has 0 aromatic rings. The van der Waals surface area contributed by atoms with Gasteiger partial charge in [-0.2, -0.15) is 0 Å². The highest BCUT2D eigenvalue weighted by atomic mass is 35.7. The number of amides is 1. The first-order valence-corrected chi connectivity index (χ1v) is 8.29. The minimum absolute atomic E-state index is 0.0254. The molecule has 1 unspecified atom stereocenters. The number of hydrogen-bond acceptors (Lipinski definition) is 4. The molecule has 0 saturated carbocycles. The van der Waals surface area contributed by atoms with Gasteiger partial charge in [-0.05, 0) is 12.8 Å². The lowest BCUT2D eigenvalue weighted by atomic mass is 10.0. The van der Waals surface area contributed by atoms with Crippen LogP contribution >= 0.6 is 10.7 Å². The summed E-state index contributed by atoms with van der Waals surface area (Å²) in [7, 11) is 1.60. The Labute approximate surface area is 110 Å². The lowest BCUT2D eigenvalue weighted by Crippen LogP contribution is -2.27. The summed E-state index contributed by atoms with van der Waals surface area (Å²) in [6.07, 6.45) is 3.63. The van der Waals surface area contributed by atoms with Crippen molar-refractivity contribution in [2.24, 2.45) is 5.92 Å². The van der Waals surface area contributed by atoms with Gasteiger partial charge in [0.25, 0.3) is 0 Å². The summed E-state index contributed by atoms with van der Waals surface area (Å²) < 4.78 is 22.0. The SMILES string of the molecule is O=C1C=C(N2CC(CS(=O)(=O)Cl)CC2=O)CCC1. The molecular formula is C11H14ClNO4S. The monoisotopic (exact) mass is 291 g/mol. The van der Waals surface area contributed by atoms with Crippen molar-refractivity contribution in [3.05, 3.63) is 11.8 Å². The van der Waals surface area contributed by atoms with Gasteiger partial charge in [0.05, 0.1) is 5.75 Å². The maximum atomic E-state index is 11.8. The molecule has 7 heteroatoms. The van der Waals surface area contributed by atoms with Crippen LogP contribution in [0.5, 0.6) is 0 Å². The number of halogens is 1. The van der Waals surface area contributed by atoms with Gasteiger partial charge in [0, 0.05) is 47.8 Å². The second kappa shape index (κ2) is 5.01. The number of rotatable bonds is 3. The van der Waals surface area contributed by atoms with Crippen molar-refractivity contribution in [1.82, 2.24) is 4.90 Å². The molecule has 1 saturated heterocycles. The van der Waals surface area contributed by atoms with E-state index >= 15 is 0 Å². The predicted molar refractivity (Wildman–Crippen MR) is 66.4 cm³/mol. The van der Waals surface area contributed by atoms with Crippen LogP contribution in [0.15, 0.2) is 11.8 Å². The van der Waals surface area contributed by atoms with E-state index in [2.05, 4.69) is 0 Å². The normalized spacial score (nSPS) is 25.5. The van der Waals surface area contributed by atoms with Crippen molar-refractivity contribution in [3.63, 3.8) is 0 Å². The first-order valence-electron chi connectivity index (χ1n) is 5.81. The zero-order valence-electron chi connectivity index (χ0n) is 9.76. The zero-order valence-corrected chi connectivity index (χ0v) is 11.3. The standard InChI is InChI=1S/C11H14ClNO4S/c12-18(16,17)7-8-4-11(15)13(6-8)9-2-1-3-10(14)5-9/h5,8H,1-4,6-7H2. The van der Waals surface area contributed by atoms with Gasteiger partial charge in [-0.1, -0.05) is 0 Å². The molecule has 18 heavy (non-hydrogen) atoms. The van der Waals surface area contributed by atoms with Gasteiger partial charge in [0.1, 0.15) is 0 Å². The molecule has 1 heterocycles. The minimum Gasteiger partial charge on any atom is -0.316 e. The quantitative estimate of drug-likeness (QED) is 0.729. The van der Waals surface area contributed by atoms with Crippen LogP contribution in [0.25, 0.3) is 0 Å². The fraction of sp³-hybridized carbons (Fsp3) is 0.636. The third-order valence-electron chi connectivity index (χ3n) is 3.17. The molecule has 2 rings (SSSR count). The van der Waals surface area contributed by atoms with Gasteiger partial charge in [-0.25, -0.2) is 8.42 Å². The number of carbonyl (C=O) groups excluding carboxylic acids is 2. The smallest absolute Gasteiger partial charge is 0.232 e. The molecule has 0 bridgehead atoms. The van der Waals surface area contributed by atoms with Crippen LogP contribution in [0.2, 0.25) is 0 Å². The Kier molecular flexibility index (Phi) is 3.77. The van der Waals surface area contributed by atoms with Crippen molar-refractivity contribution < 1.29 is 18.0 Å². The van der Waals surface area contributed by atoms with E-state index in [1.54, 1.807) is 0 Å². The van der Waals surface area contributed by atoms with Crippen LogP contribution in [0.4, 0.5) is 0 Å². The van der Waals surface area contributed by atoms with E-state index in [1.807, 2.05) is 0 Å². The Hall–Kier alpha value is -0.880. The highest BCUT2D eigenvalue weighted by Crippen LogP contribution is 2.28. The van der Waals surface area contributed by atoms with Gasteiger partial charge in [0.15, 0.2) is 5.78 Å². The van der Waals surface area contributed by atoms with Crippen molar-refractivity contribution in [2.45, 2.75) is 25.7 Å². The zero-order chi connectivity index (χ0) is 13.3. The fourth-order valence-corrected chi connectivity index (χ4v) is 3.76. The third-order valence-corrected chi connectivity index (χ3v) is 4.42. The molecule has 2 aliphatic rings. The van der Waals surface area contributed by atoms with Crippen LogP contribution in [0, 0.1) is 5.92 Å². The number of hydrogen-bond donors (Lipinski definition) is 0. The first kappa shape index (κ1) is 13.5. The molecular weight excluding hydrogens is 278 g/mol. The fourth-order valence-electron chi connectivity index (χ4n) is 2.44. The molecule has 1 aliphatic heterocycles. The summed E-state index contributed by atoms with van der Waals surface area (Å²) in [4.78, 5) is 24.7. The average Bonchev–Trinajstić information content (AvgIpc) is 2.56. The van der Waals surface area contributed by atoms with Gasteiger partial charge in [-0.15, -0.1) is 0 Å². The van der Waals surface area contributed by atoms with Crippen LogP contribution in [0.1, 0.15) is 25.7 Å². The minimum atomic E-state index is -3.59. The van der Waals surface area contributed by atoms with Crippen LogP contribution in [0.3, 0.4) is 0 Å². The molecule has 1 atom stereocenters. The van der Waals surface area contributed by atoms with E-state index in [0.717, 1.165) is 6.42 Å². The molecule has 0 N–H and O–H groups in total. The van der Waals surface area contributed by atoms with E-state index in [4.69, 9.17) is 10.7 Å². The number of carbonyl (C=O) groups is 2. The van der Waals surface area contributed by atoms with Gasteiger partial charge in [0.2, 0.25) is 15.0 Å². The van der Waals surface area contributed by atoms with Crippen molar-refractivity contribution >= 4 is 31.4 Å².